The molecule has 2 nitrogen and oxygen atoms in total. The van der Waals surface area contributed by atoms with Gasteiger partial charge in [-0.2, -0.15) is 13.2 Å². The Morgan fingerprint density at radius 3 is 2.45 bits per heavy atom. The number of halogens is 3. The van der Waals surface area contributed by atoms with Crippen molar-refractivity contribution in [3.63, 3.8) is 0 Å². The molecule has 0 radical (unpaired) electrons. The fourth-order valence-corrected chi connectivity index (χ4v) is 1.09. The maximum atomic E-state index is 12.0. The van der Waals surface area contributed by atoms with E-state index in [-0.39, 0.29) is 6.42 Å². The van der Waals surface area contributed by atoms with Crippen molar-refractivity contribution in [2.75, 3.05) is 19.6 Å². The van der Waals surface area contributed by atoms with Crippen LogP contribution in [0.4, 0.5) is 13.2 Å². The Hall–Kier alpha value is -0.290. The van der Waals surface area contributed by atoms with Crippen LogP contribution in [0.2, 0.25) is 0 Å². The highest BCUT2D eigenvalue weighted by Crippen LogP contribution is 2.22. The predicted octanol–water partition coefficient (Wildman–Crippen LogP) is 0.500. The highest BCUT2D eigenvalue weighted by atomic mass is 19.4. The SMILES string of the molecule is FC(F)(F)[C@@H]1CCNCCN1. The first-order valence-electron chi connectivity index (χ1n) is 3.61. The van der Waals surface area contributed by atoms with E-state index in [1.165, 1.54) is 0 Å². The first-order chi connectivity index (χ1) is 5.11. The summed E-state index contributed by atoms with van der Waals surface area (Å²) in [5.74, 6) is 0. The highest BCUT2D eigenvalue weighted by Gasteiger charge is 2.38. The number of alkyl halides is 3. The third-order valence-electron chi connectivity index (χ3n) is 1.70. The molecule has 2 N–H and O–H groups in total. The van der Waals surface area contributed by atoms with Crippen LogP contribution in [0.3, 0.4) is 0 Å². The van der Waals surface area contributed by atoms with E-state index in [9.17, 15) is 13.2 Å². The van der Waals surface area contributed by atoms with Crippen LogP contribution in [0, 0.1) is 0 Å². The summed E-state index contributed by atoms with van der Waals surface area (Å²) in [6, 6.07) is -1.32. The predicted molar refractivity (Wildman–Crippen MR) is 35.3 cm³/mol. The Labute approximate surface area is 63.2 Å². The molecule has 1 aliphatic rings. The lowest BCUT2D eigenvalue weighted by molar-refractivity contribution is -0.155. The van der Waals surface area contributed by atoms with Gasteiger partial charge in [0, 0.05) is 13.1 Å². The quantitative estimate of drug-likeness (QED) is 0.550. The summed E-state index contributed by atoms with van der Waals surface area (Å²) in [7, 11) is 0. The van der Waals surface area contributed by atoms with Gasteiger partial charge in [0.1, 0.15) is 6.04 Å². The molecule has 0 aromatic carbocycles. The molecular weight excluding hydrogens is 157 g/mol. The van der Waals surface area contributed by atoms with Gasteiger partial charge in [0.25, 0.3) is 0 Å². The van der Waals surface area contributed by atoms with Crippen LogP contribution in [0.5, 0.6) is 0 Å². The molecule has 66 valence electrons. The second-order valence-electron chi connectivity index (χ2n) is 2.59. The van der Waals surface area contributed by atoms with Gasteiger partial charge >= 0.3 is 6.18 Å². The van der Waals surface area contributed by atoms with Crippen LogP contribution < -0.4 is 10.6 Å². The van der Waals surface area contributed by atoms with Gasteiger partial charge in [-0.25, -0.2) is 0 Å². The van der Waals surface area contributed by atoms with Crippen molar-refractivity contribution in [3.05, 3.63) is 0 Å². The lowest BCUT2D eigenvalue weighted by Gasteiger charge is -2.18. The monoisotopic (exact) mass is 168 g/mol. The van der Waals surface area contributed by atoms with Crippen LogP contribution >= 0.6 is 0 Å². The summed E-state index contributed by atoms with van der Waals surface area (Å²) in [6.45, 7) is 1.45. The normalized spacial score (nSPS) is 28.1. The van der Waals surface area contributed by atoms with Crippen LogP contribution in [-0.4, -0.2) is 31.9 Å². The Balaban J connectivity index is 2.43. The summed E-state index contributed by atoms with van der Waals surface area (Å²) in [5.41, 5.74) is 0. The molecule has 1 rings (SSSR count). The Kier molecular flexibility index (Phi) is 2.72. The molecule has 0 spiro atoms. The second kappa shape index (κ2) is 3.40. The minimum atomic E-state index is -4.09. The van der Waals surface area contributed by atoms with Crippen LogP contribution in [0.1, 0.15) is 6.42 Å². The molecule has 0 aromatic heterocycles. The average Bonchev–Trinajstić information content (AvgIpc) is 2.10. The number of nitrogens with one attached hydrogen (secondary N) is 2. The van der Waals surface area contributed by atoms with Gasteiger partial charge in [-0.1, -0.05) is 0 Å². The topological polar surface area (TPSA) is 24.1 Å². The van der Waals surface area contributed by atoms with E-state index in [2.05, 4.69) is 10.6 Å². The lowest BCUT2D eigenvalue weighted by atomic mass is 10.2. The van der Waals surface area contributed by atoms with Crippen molar-refractivity contribution >= 4 is 0 Å². The maximum Gasteiger partial charge on any atom is 0.403 e. The minimum absolute atomic E-state index is 0.128. The Bertz CT molecular complexity index is 115. The smallest absolute Gasteiger partial charge is 0.315 e. The zero-order valence-corrected chi connectivity index (χ0v) is 6.04. The largest absolute Gasteiger partial charge is 0.403 e. The number of hydrogen-bond acceptors (Lipinski definition) is 2. The van der Waals surface area contributed by atoms with E-state index < -0.39 is 12.2 Å². The Morgan fingerprint density at radius 2 is 1.82 bits per heavy atom. The molecule has 0 unspecified atom stereocenters. The lowest BCUT2D eigenvalue weighted by Crippen LogP contribution is -2.42. The van der Waals surface area contributed by atoms with E-state index in [1.54, 1.807) is 0 Å². The van der Waals surface area contributed by atoms with Crippen LogP contribution in [0.25, 0.3) is 0 Å². The van der Waals surface area contributed by atoms with Crippen molar-refractivity contribution < 1.29 is 13.2 Å². The molecule has 11 heavy (non-hydrogen) atoms. The van der Waals surface area contributed by atoms with Gasteiger partial charge in [-0.05, 0) is 13.0 Å². The van der Waals surface area contributed by atoms with Gasteiger partial charge in [0.2, 0.25) is 0 Å². The van der Waals surface area contributed by atoms with Crippen LogP contribution in [0.15, 0.2) is 0 Å². The fourth-order valence-electron chi connectivity index (χ4n) is 1.09. The van der Waals surface area contributed by atoms with Crippen molar-refractivity contribution in [1.82, 2.24) is 10.6 Å². The molecule has 0 aliphatic carbocycles. The van der Waals surface area contributed by atoms with Crippen molar-refractivity contribution in [3.8, 4) is 0 Å². The second-order valence-corrected chi connectivity index (χ2v) is 2.59. The molecule has 1 fully saturated rings. The van der Waals surface area contributed by atoms with Crippen molar-refractivity contribution in [1.29, 1.82) is 0 Å². The van der Waals surface area contributed by atoms with Crippen molar-refractivity contribution in [2.45, 2.75) is 18.6 Å². The van der Waals surface area contributed by atoms with Crippen molar-refractivity contribution in [2.24, 2.45) is 0 Å². The zero-order valence-electron chi connectivity index (χ0n) is 6.04. The minimum Gasteiger partial charge on any atom is -0.315 e. The van der Waals surface area contributed by atoms with E-state index in [0.717, 1.165) is 0 Å². The molecular formula is C6H11F3N2. The van der Waals surface area contributed by atoms with Gasteiger partial charge in [0.15, 0.2) is 0 Å². The number of hydrogen-bond donors (Lipinski definition) is 2. The molecule has 0 aromatic rings. The van der Waals surface area contributed by atoms with Gasteiger partial charge in [0.05, 0.1) is 0 Å². The summed E-state index contributed by atoms with van der Waals surface area (Å²) in [6.07, 6.45) is -3.96. The summed E-state index contributed by atoms with van der Waals surface area (Å²) < 4.78 is 36.1. The molecule has 1 saturated heterocycles. The highest BCUT2D eigenvalue weighted by molar-refractivity contribution is 4.78. The molecule has 1 heterocycles. The molecule has 0 bridgehead atoms. The molecule has 1 aliphatic heterocycles. The first-order valence-corrected chi connectivity index (χ1v) is 3.61. The van der Waals surface area contributed by atoms with Gasteiger partial charge < -0.3 is 10.6 Å². The third-order valence-corrected chi connectivity index (χ3v) is 1.70. The maximum absolute atomic E-state index is 12.0. The fraction of sp³-hybridized carbons (Fsp3) is 1.00. The molecule has 5 heteroatoms. The number of rotatable bonds is 0. The first kappa shape index (κ1) is 8.80. The van der Waals surface area contributed by atoms with E-state index in [1.807, 2.05) is 0 Å². The van der Waals surface area contributed by atoms with E-state index in [4.69, 9.17) is 0 Å². The van der Waals surface area contributed by atoms with E-state index in [0.29, 0.717) is 19.6 Å². The van der Waals surface area contributed by atoms with Gasteiger partial charge in [-0.3, -0.25) is 0 Å². The summed E-state index contributed by atoms with van der Waals surface area (Å²) in [5, 5.41) is 5.32. The van der Waals surface area contributed by atoms with Crippen LogP contribution in [-0.2, 0) is 0 Å². The van der Waals surface area contributed by atoms with Gasteiger partial charge in [-0.15, -0.1) is 0 Å². The summed E-state index contributed by atoms with van der Waals surface area (Å²) in [4.78, 5) is 0. The zero-order chi connectivity index (χ0) is 8.32. The molecule has 1 atom stereocenters. The third kappa shape index (κ3) is 2.67. The standard InChI is InChI=1S/C6H11F3N2/c7-6(8,9)5-1-2-10-3-4-11-5/h5,10-11H,1-4H2/t5-/m0/s1. The molecule has 0 saturated carbocycles. The molecule has 0 amide bonds. The average molecular weight is 168 g/mol. The Morgan fingerprint density at radius 1 is 1.09 bits per heavy atom. The summed E-state index contributed by atoms with van der Waals surface area (Å²) >= 11 is 0. The van der Waals surface area contributed by atoms with E-state index >= 15 is 0 Å².